The third kappa shape index (κ3) is 3.97. The average Bonchev–Trinajstić information content (AvgIpc) is 2.06. The normalized spacial score (nSPS) is 14.2. The lowest BCUT2D eigenvalue weighted by molar-refractivity contribution is -0.0474. The van der Waals surface area contributed by atoms with Gasteiger partial charge in [0.25, 0.3) is 6.43 Å². The van der Waals surface area contributed by atoms with Crippen LogP contribution in [0.25, 0.3) is 0 Å². The zero-order valence-corrected chi connectivity index (χ0v) is 7.89. The molecule has 0 radical (unpaired) electrons. The molecule has 0 aliphatic carbocycles. The number of halogens is 2. The lowest BCUT2D eigenvalue weighted by Crippen LogP contribution is -2.37. The first kappa shape index (κ1) is 11.8. The summed E-state index contributed by atoms with van der Waals surface area (Å²) in [5.41, 5.74) is 0. The third-order valence-corrected chi connectivity index (χ3v) is 1.92. The fourth-order valence-corrected chi connectivity index (χ4v) is 0.993. The van der Waals surface area contributed by atoms with Crippen LogP contribution in [0.1, 0.15) is 13.8 Å². The highest BCUT2D eigenvalue weighted by Gasteiger charge is 2.21. The van der Waals surface area contributed by atoms with E-state index in [9.17, 15) is 8.78 Å². The molecule has 0 aliphatic heterocycles. The molecule has 0 heterocycles. The lowest BCUT2D eigenvalue weighted by Gasteiger charge is -2.23. The summed E-state index contributed by atoms with van der Waals surface area (Å²) in [6.45, 7) is 5.76. The number of likely N-dealkylation sites (N-methyl/N-ethyl adjacent to an activating group) is 1. The molecular formula is C8H17F2NO. The summed E-state index contributed by atoms with van der Waals surface area (Å²) in [6, 6.07) is 0. The molecule has 1 atom stereocenters. The summed E-state index contributed by atoms with van der Waals surface area (Å²) in [5.74, 6) is 0. The van der Waals surface area contributed by atoms with E-state index in [1.54, 1.807) is 0 Å². The Hall–Kier alpha value is -0.220. The van der Waals surface area contributed by atoms with E-state index in [0.717, 1.165) is 13.1 Å². The van der Waals surface area contributed by atoms with E-state index in [-0.39, 0.29) is 0 Å². The van der Waals surface area contributed by atoms with Gasteiger partial charge in [0.2, 0.25) is 0 Å². The maximum atomic E-state index is 12.2. The largest absolute Gasteiger partial charge is 0.374 e. The molecule has 0 aromatic carbocycles. The first-order valence-electron chi connectivity index (χ1n) is 4.18. The van der Waals surface area contributed by atoms with E-state index in [0.29, 0.717) is 6.54 Å². The van der Waals surface area contributed by atoms with Gasteiger partial charge in [-0.25, -0.2) is 8.78 Å². The summed E-state index contributed by atoms with van der Waals surface area (Å²) in [4.78, 5) is 1.92. The molecule has 0 saturated heterocycles. The number of methoxy groups -OCH3 is 1. The molecule has 0 aromatic heterocycles. The minimum absolute atomic E-state index is 0.307. The monoisotopic (exact) mass is 181 g/mol. The van der Waals surface area contributed by atoms with Crippen LogP contribution in [0.5, 0.6) is 0 Å². The fraction of sp³-hybridized carbons (Fsp3) is 1.00. The van der Waals surface area contributed by atoms with Crippen LogP contribution >= 0.6 is 0 Å². The standard InChI is InChI=1S/C8H17F2NO/c1-4-11(5-2)6-7(12-3)8(9)10/h7-8H,4-6H2,1-3H3/t7-/m1/s1. The summed E-state index contributed by atoms with van der Waals surface area (Å²) in [7, 11) is 1.32. The molecule has 0 aromatic rings. The van der Waals surface area contributed by atoms with Crippen molar-refractivity contribution in [3.05, 3.63) is 0 Å². The van der Waals surface area contributed by atoms with Crippen molar-refractivity contribution in [1.29, 1.82) is 0 Å². The second-order valence-corrected chi connectivity index (χ2v) is 2.59. The van der Waals surface area contributed by atoms with Crippen LogP contribution in [0.4, 0.5) is 8.78 Å². The molecule has 0 saturated carbocycles. The van der Waals surface area contributed by atoms with Gasteiger partial charge >= 0.3 is 0 Å². The van der Waals surface area contributed by atoms with Crippen molar-refractivity contribution >= 4 is 0 Å². The topological polar surface area (TPSA) is 12.5 Å². The number of nitrogens with zero attached hydrogens (tertiary/aromatic N) is 1. The van der Waals surface area contributed by atoms with Crippen LogP contribution in [0.2, 0.25) is 0 Å². The molecule has 0 N–H and O–H groups in total. The van der Waals surface area contributed by atoms with Gasteiger partial charge in [-0.3, -0.25) is 0 Å². The molecule has 0 fully saturated rings. The summed E-state index contributed by atoms with van der Waals surface area (Å²) in [5, 5.41) is 0. The van der Waals surface area contributed by atoms with Gasteiger partial charge in [-0.15, -0.1) is 0 Å². The second kappa shape index (κ2) is 6.31. The van der Waals surface area contributed by atoms with Gasteiger partial charge in [-0.05, 0) is 13.1 Å². The van der Waals surface area contributed by atoms with E-state index in [1.807, 2.05) is 18.7 Å². The Morgan fingerprint density at radius 3 is 2.00 bits per heavy atom. The zero-order chi connectivity index (χ0) is 9.56. The second-order valence-electron chi connectivity index (χ2n) is 2.59. The maximum Gasteiger partial charge on any atom is 0.265 e. The number of alkyl halides is 2. The molecule has 12 heavy (non-hydrogen) atoms. The number of rotatable bonds is 6. The van der Waals surface area contributed by atoms with Crippen LogP contribution in [0, 0.1) is 0 Å². The molecule has 0 rings (SSSR count). The van der Waals surface area contributed by atoms with Crippen LogP contribution in [0.3, 0.4) is 0 Å². The van der Waals surface area contributed by atoms with Crippen molar-refractivity contribution in [2.75, 3.05) is 26.7 Å². The minimum Gasteiger partial charge on any atom is -0.374 e. The van der Waals surface area contributed by atoms with Crippen molar-refractivity contribution in [3.8, 4) is 0 Å². The lowest BCUT2D eigenvalue weighted by atomic mass is 10.3. The number of hydrogen-bond donors (Lipinski definition) is 0. The fourth-order valence-electron chi connectivity index (χ4n) is 0.993. The summed E-state index contributed by atoms with van der Waals surface area (Å²) < 4.78 is 29.0. The molecule has 0 unspecified atom stereocenters. The van der Waals surface area contributed by atoms with Crippen molar-refractivity contribution in [1.82, 2.24) is 4.90 Å². The molecule has 0 spiro atoms. The van der Waals surface area contributed by atoms with Gasteiger partial charge in [0.15, 0.2) is 0 Å². The molecule has 0 aliphatic rings. The molecule has 0 bridgehead atoms. The van der Waals surface area contributed by atoms with E-state index < -0.39 is 12.5 Å². The van der Waals surface area contributed by atoms with E-state index >= 15 is 0 Å². The molecule has 2 nitrogen and oxygen atoms in total. The van der Waals surface area contributed by atoms with Crippen LogP contribution < -0.4 is 0 Å². The smallest absolute Gasteiger partial charge is 0.265 e. The Morgan fingerprint density at radius 2 is 1.75 bits per heavy atom. The number of ether oxygens (including phenoxy) is 1. The third-order valence-electron chi connectivity index (χ3n) is 1.92. The molecular weight excluding hydrogens is 164 g/mol. The average molecular weight is 181 g/mol. The summed E-state index contributed by atoms with van der Waals surface area (Å²) in [6.07, 6.45) is -3.35. The molecule has 74 valence electrons. The van der Waals surface area contributed by atoms with Gasteiger partial charge in [-0.1, -0.05) is 13.8 Å². The van der Waals surface area contributed by atoms with E-state index in [1.165, 1.54) is 7.11 Å². The van der Waals surface area contributed by atoms with Crippen LogP contribution in [0.15, 0.2) is 0 Å². The van der Waals surface area contributed by atoms with Crippen LogP contribution in [-0.2, 0) is 4.74 Å². The summed E-state index contributed by atoms with van der Waals surface area (Å²) >= 11 is 0. The van der Waals surface area contributed by atoms with Gasteiger partial charge in [0.05, 0.1) is 0 Å². The highest BCUT2D eigenvalue weighted by atomic mass is 19.3. The highest BCUT2D eigenvalue weighted by Crippen LogP contribution is 2.06. The SMILES string of the molecule is CCN(CC)C[C@@H](OC)C(F)F. The molecule has 4 heteroatoms. The van der Waals surface area contributed by atoms with E-state index in [4.69, 9.17) is 0 Å². The van der Waals surface area contributed by atoms with E-state index in [2.05, 4.69) is 4.74 Å². The first-order valence-corrected chi connectivity index (χ1v) is 4.18. The van der Waals surface area contributed by atoms with Crippen molar-refractivity contribution in [2.24, 2.45) is 0 Å². The first-order chi connectivity index (χ1) is 5.65. The van der Waals surface area contributed by atoms with Gasteiger partial charge in [0, 0.05) is 13.7 Å². The van der Waals surface area contributed by atoms with Crippen molar-refractivity contribution in [2.45, 2.75) is 26.4 Å². The van der Waals surface area contributed by atoms with Gasteiger partial charge in [0.1, 0.15) is 6.10 Å². The predicted molar refractivity (Wildman–Crippen MR) is 44.6 cm³/mol. The maximum absolute atomic E-state index is 12.2. The quantitative estimate of drug-likeness (QED) is 0.617. The van der Waals surface area contributed by atoms with Crippen molar-refractivity contribution in [3.63, 3.8) is 0 Å². The molecule has 0 amide bonds. The highest BCUT2D eigenvalue weighted by molar-refractivity contribution is 4.65. The van der Waals surface area contributed by atoms with Crippen LogP contribution in [-0.4, -0.2) is 44.2 Å². The Balaban J connectivity index is 3.82. The Bertz CT molecular complexity index is 107. The Kier molecular flexibility index (Phi) is 6.20. The van der Waals surface area contributed by atoms with Gasteiger partial charge in [-0.2, -0.15) is 0 Å². The minimum atomic E-state index is -2.39. The van der Waals surface area contributed by atoms with Gasteiger partial charge < -0.3 is 9.64 Å². The number of hydrogen-bond acceptors (Lipinski definition) is 2. The Labute approximate surface area is 72.5 Å². The zero-order valence-electron chi connectivity index (χ0n) is 7.89. The predicted octanol–water partition coefficient (Wildman–Crippen LogP) is 1.61. The Morgan fingerprint density at radius 1 is 1.25 bits per heavy atom. The van der Waals surface area contributed by atoms with Crippen molar-refractivity contribution < 1.29 is 13.5 Å².